The molecule has 0 saturated heterocycles. The topological polar surface area (TPSA) is 95.9 Å². The van der Waals surface area contributed by atoms with Gasteiger partial charge in [-0.2, -0.15) is 11.8 Å². The highest BCUT2D eigenvalue weighted by Crippen LogP contribution is 2.38. The minimum absolute atomic E-state index is 0.173. The van der Waals surface area contributed by atoms with Crippen LogP contribution in [0.3, 0.4) is 0 Å². The maximum Gasteiger partial charge on any atom is 0.335 e. The second-order valence-electron chi connectivity index (χ2n) is 4.99. The van der Waals surface area contributed by atoms with Gasteiger partial charge in [0.25, 0.3) is 0 Å². The molecule has 7 heteroatoms. The molecule has 0 aliphatic carbocycles. The van der Waals surface area contributed by atoms with Crippen molar-refractivity contribution >= 4 is 29.4 Å². The Hall–Kier alpha value is -2.67. The number of thioether (sulfide) groups is 1. The molecule has 0 bridgehead atoms. The Bertz CT molecular complexity index is 745. The van der Waals surface area contributed by atoms with Crippen LogP contribution >= 0.6 is 11.8 Å². The van der Waals surface area contributed by atoms with Crippen molar-refractivity contribution in [2.45, 2.75) is 6.23 Å². The van der Waals surface area contributed by atoms with Gasteiger partial charge in [0.15, 0.2) is 6.23 Å². The predicted molar refractivity (Wildman–Crippen MR) is 93.2 cm³/mol. The van der Waals surface area contributed by atoms with E-state index in [9.17, 15) is 9.59 Å². The highest BCUT2D eigenvalue weighted by Gasteiger charge is 2.24. The number of anilines is 1. The first-order valence-electron chi connectivity index (χ1n) is 7.00. The summed E-state index contributed by atoms with van der Waals surface area (Å²) in [6.07, 6.45) is 3.62. The lowest BCUT2D eigenvalue weighted by molar-refractivity contribution is 0.0686. The molecule has 1 heterocycles. The summed E-state index contributed by atoms with van der Waals surface area (Å²) in [4.78, 5) is 21.7. The fourth-order valence-electron chi connectivity index (χ4n) is 2.13. The van der Waals surface area contributed by atoms with Crippen LogP contribution in [0, 0.1) is 0 Å². The second kappa shape index (κ2) is 7.74. The van der Waals surface area contributed by atoms with Gasteiger partial charge in [-0.05, 0) is 42.8 Å². The normalized spacial score (nSPS) is 14.5. The van der Waals surface area contributed by atoms with E-state index in [2.05, 4.69) is 5.32 Å². The van der Waals surface area contributed by atoms with E-state index < -0.39 is 18.2 Å². The van der Waals surface area contributed by atoms with Crippen LogP contribution in [0.5, 0.6) is 5.75 Å². The Morgan fingerprint density at radius 3 is 2.08 bits per heavy atom. The lowest BCUT2D eigenvalue weighted by Gasteiger charge is -2.11. The molecule has 0 amide bonds. The number of hydrogen-bond donors (Lipinski definition) is 3. The van der Waals surface area contributed by atoms with Gasteiger partial charge >= 0.3 is 11.9 Å². The lowest BCUT2D eigenvalue weighted by Crippen LogP contribution is -2.10. The van der Waals surface area contributed by atoms with Crippen molar-refractivity contribution < 1.29 is 24.5 Å². The third-order valence-corrected chi connectivity index (χ3v) is 3.22. The molecule has 3 N–H and O–H groups in total. The van der Waals surface area contributed by atoms with E-state index in [0.29, 0.717) is 11.4 Å². The van der Waals surface area contributed by atoms with E-state index in [1.165, 1.54) is 24.3 Å². The summed E-state index contributed by atoms with van der Waals surface area (Å²) in [5.41, 5.74) is 1.73. The van der Waals surface area contributed by atoms with E-state index >= 15 is 0 Å². The molecule has 1 unspecified atom stereocenters. The van der Waals surface area contributed by atoms with Crippen LogP contribution in [0.1, 0.15) is 32.5 Å². The zero-order chi connectivity index (χ0) is 17.7. The van der Waals surface area contributed by atoms with Crippen LogP contribution < -0.4 is 10.1 Å². The van der Waals surface area contributed by atoms with Crippen LogP contribution in [0.25, 0.3) is 0 Å². The van der Waals surface area contributed by atoms with E-state index in [-0.39, 0.29) is 11.1 Å². The number of fused-ring (bicyclic) bond motifs is 1. The average Bonchev–Trinajstić information content (AvgIpc) is 2.98. The zero-order valence-corrected chi connectivity index (χ0v) is 14.0. The first kappa shape index (κ1) is 17.7. The fourth-order valence-corrected chi connectivity index (χ4v) is 2.13. The SMILES string of the molecule is CSC.O=C(O)c1ccc(C2Nc3cc(C(=O)O)ccc3O2)cc1. The van der Waals surface area contributed by atoms with Gasteiger partial charge in [0.1, 0.15) is 5.75 Å². The van der Waals surface area contributed by atoms with E-state index in [1.807, 2.05) is 12.5 Å². The zero-order valence-electron chi connectivity index (χ0n) is 13.1. The summed E-state index contributed by atoms with van der Waals surface area (Å²) in [5, 5.41) is 20.9. The van der Waals surface area contributed by atoms with Crippen molar-refractivity contribution in [3.05, 3.63) is 59.2 Å². The largest absolute Gasteiger partial charge is 0.478 e. The van der Waals surface area contributed by atoms with Crippen LogP contribution in [0.15, 0.2) is 42.5 Å². The molecule has 0 radical (unpaired) electrons. The highest BCUT2D eigenvalue weighted by molar-refractivity contribution is 7.97. The third-order valence-electron chi connectivity index (χ3n) is 3.22. The molecule has 6 nitrogen and oxygen atoms in total. The molecule has 0 spiro atoms. The van der Waals surface area contributed by atoms with Crippen molar-refractivity contribution in [1.29, 1.82) is 0 Å². The summed E-state index contributed by atoms with van der Waals surface area (Å²) in [6.45, 7) is 0. The lowest BCUT2D eigenvalue weighted by atomic mass is 10.1. The fraction of sp³-hybridized carbons (Fsp3) is 0.176. The molecular formula is C17H17NO5S. The Morgan fingerprint density at radius 1 is 1.00 bits per heavy atom. The van der Waals surface area contributed by atoms with Gasteiger partial charge in [-0.25, -0.2) is 9.59 Å². The van der Waals surface area contributed by atoms with Crippen LogP contribution in [0.2, 0.25) is 0 Å². The van der Waals surface area contributed by atoms with Gasteiger partial charge in [-0.1, -0.05) is 12.1 Å². The molecule has 1 aliphatic heterocycles. The predicted octanol–water partition coefficient (Wildman–Crippen LogP) is 3.57. The maximum absolute atomic E-state index is 10.9. The average molecular weight is 347 g/mol. The minimum atomic E-state index is -1.01. The summed E-state index contributed by atoms with van der Waals surface area (Å²) in [7, 11) is 0. The maximum atomic E-state index is 10.9. The third kappa shape index (κ3) is 3.99. The minimum Gasteiger partial charge on any atom is -0.478 e. The Balaban J connectivity index is 0.000000647. The Labute approximate surface area is 143 Å². The number of rotatable bonds is 3. The van der Waals surface area contributed by atoms with Gasteiger partial charge in [-0.3, -0.25) is 0 Å². The number of carboxylic acid groups (broad SMARTS) is 2. The number of carbonyl (C=O) groups is 2. The summed E-state index contributed by atoms with van der Waals surface area (Å²) >= 11 is 1.75. The Kier molecular flexibility index (Phi) is 5.70. The van der Waals surface area contributed by atoms with Crippen molar-refractivity contribution in [3.8, 4) is 5.75 Å². The quantitative estimate of drug-likeness (QED) is 0.781. The number of carboxylic acids is 2. The van der Waals surface area contributed by atoms with Gasteiger partial charge in [-0.15, -0.1) is 0 Å². The van der Waals surface area contributed by atoms with Crippen LogP contribution in [-0.2, 0) is 0 Å². The number of nitrogens with one attached hydrogen (secondary N) is 1. The number of aromatic carboxylic acids is 2. The molecule has 0 aromatic heterocycles. The van der Waals surface area contributed by atoms with Crippen LogP contribution in [0.4, 0.5) is 5.69 Å². The number of hydrogen-bond acceptors (Lipinski definition) is 5. The van der Waals surface area contributed by atoms with Crippen molar-refractivity contribution in [2.24, 2.45) is 0 Å². The van der Waals surface area contributed by atoms with Gasteiger partial charge in [0, 0.05) is 5.56 Å². The van der Waals surface area contributed by atoms with Crippen LogP contribution in [-0.4, -0.2) is 34.7 Å². The van der Waals surface area contributed by atoms with E-state index in [4.69, 9.17) is 14.9 Å². The molecule has 0 saturated carbocycles. The Morgan fingerprint density at radius 2 is 1.54 bits per heavy atom. The van der Waals surface area contributed by atoms with Crippen molar-refractivity contribution in [3.63, 3.8) is 0 Å². The first-order chi connectivity index (χ1) is 11.5. The molecule has 0 fully saturated rings. The van der Waals surface area contributed by atoms with E-state index in [1.54, 1.807) is 30.0 Å². The summed E-state index contributed by atoms with van der Waals surface area (Å²) < 4.78 is 5.68. The summed E-state index contributed by atoms with van der Waals surface area (Å²) in [5.74, 6) is -1.43. The molecule has 1 aliphatic rings. The monoisotopic (exact) mass is 347 g/mol. The second-order valence-corrected chi connectivity index (χ2v) is 5.81. The molecule has 2 aromatic carbocycles. The summed E-state index contributed by atoms with van der Waals surface area (Å²) in [6, 6.07) is 10.9. The molecule has 2 aromatic rings. The molecule has 24 heavy (non-hydrogen) atoms. The highest BCUT2D eigenvalue weighted by atomic mass is 32.2. The van der Waals surface area contributed by atoms with Crippen molar-refractivity contribution in [1.82, 2.24) is 0 Å². The molecular weight excluding hydrogens is 330 g/mol. The van der Waals surface area contributed by atoms with Gasteiger partial charge < -0.3 is 20.3 Å². The van der Waals surface area contributed by atoms with E-state index in [0.717, 1.165) is 5.56 Å². The standard InChI is InChI=1S/C15H11NO5.C2H6S/c17-14(18)9-3-1-8(2-4-9)13-16-11-7-10(15(19)20)5-6-12(11)21-13;1-3-2/h1-7,13,16H,(H,17,18)(H,19,20);1-2H3. The van der Waals surface area contributed by atoms with Crippen molar-refractivity contribution in [2.75, 3.05) is 17.8 Å². The first-order valence-corrected chi connectivity index (χ1v) is 8.63. The van der Waals surface area contributed by atoms with Gasteiger partial charge in [0.05, 0.1) is 16.8 Å². The van der Waals surface area contributed by atoms with Gasteiger partial charge in [0.2, 0.25) is 0 Å². The molecule has 1 atom stereocenters. The molecule has 126 valence electrons. The molecule has 3 rings (SSSR count). The number of benzene rings is 2. The smallest absolute Gasteiger partial charge is 0.335 e. The number of ether oxygens (including phenoxy) is 1.